The molecule has 2 saturated heterocycles. The zero-order valence-electron chi connectivity index (χ0n) is 4.42. The Kier molecular flexibility index (Phi) is 0.557. The van der Waals surface area contributed by atoms with E-state index in [4.69, 9.17) is 4.84 Å². The maximum Gasteiger partial charge on any atom is 0.172 e. The molecule has 3 atom stereocenters. The van der Waals surface area contributed by atoms with Gasteiger partial charge in [-0.2, -0.15) is 0 Å². The maximum atomic E-state index is 4.90. The largest absolute Gasteiger partial charge is 0.273 e. The van der Waals surface area contributed by atoms with Crippen molar-refractivity contribution < 1.29 is 4.84 Å². The minimum Gasteiger partial charge on any atom is -0.273 e. The molecule has 2 heteroatoms. The lowest BCUT2D eigenvalue weighted by Gasteiger charge is -1.94. The highest BCUT2D eigenvalue weighted by Gasteiger charge is 2.65. The molecular weight excluding hydrogens is 90.1 g/mol. The first-order valence-electron chi connectivity index (χ1n) is 2.88. The Morgan fingerprint density at radius 2 is 2.43 bits per heavy atom. The summed E-state index contributed by atoms with van der Waals surface area (Å²) in [5.74, 6) is 0. The molecule has 2 fully saturated rings. The fourth-order valence-corrected chi connectivity index (χ4v) is 0.984. The van der Waals surface area contributed by atoms with Crippen molar-refractivity contribution in [3.8, 4) is 0 Å². The molecule has 0 aromatic carbocycles. The summed E-state index contributed by atoms with van der Waals surface area (Å²) in [7, 11) is 0. The first-order chi connectivity index (χ1) is 3.43. The lowest BCUT2D eigenvalue weighted by molar-refractivity contribution is 0.110. The topological polar surface area (TPSA) is 15.5 Å². The molecule has 0 aromatic heterocycles. The second-order valence-corrected chi connectivity index (χ2v) is 2.21. The Morgan fingerprint density at radius 1 is 1.71 bits per heavy atom. The summed E-state index contributed by atoms with van der Waals surface area (Å²) in [4.78, 5) is 4.90. The van der Waals surface area contributed by atoms with Gasteiger partial charge in [0.1, 0.15) is 0 Å². The fraction of sp³-hybridized carbons (Fsp3) is 1.00. The number of nitrogens with zero attached hydrogens (tertiary/aromatic N) is 1. The van der Waals surface area contributed by atoms with Crippen LogP contribution in [0.5, 0.6) is 0 Å². The summed E-state index contributed by atoms with van der Waals surface area (Å²) in [6.07, 6.45) is 3.19. The van der Waals surface area contributed by atoms with Crippen molar-refractivity contribution in [3.05, 3.63) is 0 Å². The summed E-state index contributed by atoms with van der Waals surface area (Å²) in [6, 6.07) is 0.824. The van der Waals surface area contributed by atoms with Crippen molar-refractivity contribution in [3.63, 3.8) is 0 Å². The Hall–Kier alpha value is -0.0800. The molecule has 40 valence electrons. The molecule has 0 spiro atoms. The van der Waals surface area contributed by atoms with E-state index in [2.05, 4.69) is 6.92 Å². The van der Waals surface area contributed by atoms with Gasteiger partial charge in [0.05, 0.1) is 6.04 Å². The lowest BCUT2D eigenvalue weighted by Crippen LogP contribution is -2.01. The van der Waals surface area contributed by atoms with E-state index in [1.54, 1.807) is 0 Å². The number of fused-ring (bicyclic) bond motifs is 1. The highest BCUT2D eigenvalue weighted by molar-refractivity contribution is 4.99. The van der Waals surface area contributed by atoms with Gasteiger partial charge in [-0.1, -0.05) is 13.3 Å². The van der Waals surface area contributed by atoms with Crippen LogP contribution in [0.1, 0.15) is 19.8 Å². The number of rotatable bonds is 2. The molecule has 0 amide bonds. The molecule has 7 heavy (non-hydrogen) atoms. The fourth-order valence-electron chi connectivity index (χ4n) is 0.984. The SMILES string of the molecule is CCCC1C2ON12. The summed E-state index contributed by atoms with van der Waals surface area (Å²) >= 11 is 0. The minimum absolute atomic E-state index is 0.569. The molecule has 0 aliphatic carbocycles. The van der Waals surface area contributed by atoms with Crippen LogP contribution in [-0.4, -0.2) is 17.3 Å². The van der Waals surface area contributed by atoms with Crippen LogP contribution in [0.2, 0.25) is 0 Å². The predicted molar refractivity (Wildman–Crippen MR) is 25.4 cm³/mol. The van der Waals surface area contributed by atoms with Crippen LogP contribution in [0.3, 0.4) is 0 Å². The molecule has 2 aliphatic rings. The average molecular weight is 99.1 g/mol. The standard InChI is InChI=1S/C5H9NO/c1-2-3-4-5-6(4)7-5/h4-5H,2-3H2,1H3. The van der Waals surface area contributed by atoms with E-state index in [0.29, 0.717) is 6.23 Å². The summed E-state index contributed by atoms with van der Waals surface area (Å²) in [6.45, 7) is 2.21. The number of hydroxylamine groups is 2. The quantitative estimate of drug-likeness (QED) is 0.474. The van der Waals surface area contributed by atoms with E-state index >= 15 is 0 Å². The molecule has 2 heterocycles. The van der Waals surface area contributed by atoms with Crippen LogP contribution in [0, 0.1) is 0 Å². The van der Waals surface area contributed by atoms with Gasteiger partial charge in [-0.05, 0) is 6.42 Å². The Bertz CT molecular complexity index is 86.1. The van der Waals surface area contributed by atoms with Gasteiger partial charge < -0.3 is 0 Å². The predicted octanol–water partition coefficient (Wildman–Crippen LogP) is 0.742. The second kappa shape index (κ2) is 1.01. The molecule has 2 aliphatic heterocycles. The van der Waals surface area contributed by atoms with Gasteiger partial charge in [-0.3, -0.25) is 4.84 Å². The zero-order valence-corrected chi connectivity index (χ0v) is 4.42. The number of hydrogen-bond donors (Lipinski definition) is 0. The van der Waals surface area contributed by atoms with E-state index < -0.39 is 0 Å². The summed E-state index contributed by atoms with van der Waals surface area (Å²) in [5, 5.41) is 2.05. The molecule has 0 saturated carbocycles. The van der Waals surface area contributed by atoms with Gasteiger partial charge in [-0.25, -0.2) is 0 Å². The highest BCUT2D eigenvalue weighted by atomic mass is 16.9. The van der Waals surface area contributed by atoms with E-state index in [1.807, 2.05) is 5.06 Å². The van der Waals surface area contributed by atoms with Crippen LogP contribution in [0.4, 0.5) is 0 Å². The molecule has 2 nitrogen and oxygen atoms in total. The van der Waals surface area contributed by atoms with E-state index in [0.717, 1.165) is 6.04 Å². The Labute approximate surface area is 43.0 Å². The molecule has 2 rings (SSSR count). The molecule has 0 N–H and O–H groups in total. The third kappa shape index (κ3) is 0.409. The Balaban J connectivity index is 1.73. The molecular formula is C5H9NO. The van der Waals surface area contributed by atoms with Crippen molar-refractivity contribution in [2.45, 2.75) is 32.0 Å². The monoisotopic (exact) mass is 99.1 g/mol. The van der Waals surface area contributed by atoms with E-state index in [9.17, 15) is 0 Å². The zero-order chi connectivity index (χ0) is 4.85. The van der Waals surface area contributed by atoms with Gasteiger partial charge in [0, 0.05) is 0 Å². The normalized spacial score (nSPS) is 53.6. The van der Waals surface area contributed by atoms with Gasteiger partial charge in [0.25, 0.3) is 0 Å². The summed E-state index contributed by atoms with van der Waals surface area (Å²) in [5.41, 5.74) is 0. The third-order valence-corrected chi connectivity index (χ3v) is 1.59. The van der Waals surface area contributed by atoms with Gasteiger partial charge in [0.2, 0.25) is 0 Å². The van der Waals surface area contributed by atoms with Crippen molar-refractivity contribution in [1.29, 1.82) is 0 Å². The van der Waals surface area contributed by atoms with Crippen molar-refractivity contribution in [2.75, 3.05) is 0 Å². The van der Waals surface area contributed by atoms with Crippen molar-refractivity contribution in [1.82, 2.24) is 5.06 Å². The van der Waals surface area contributed by atoms with Gasteiger partial charge >= 0.3 is 0 Å². The molecule has 0 radical (unpaired) electrons. The van der Waals surface area contributed by atoms with Crippen molar-refractivity contribution >= 4 is 0 Å². The highest BCUT2D eigenvalue weighted by Crippen LogP contribution is 2.47. The summed E-state index contributed by atoms with van der Waals surface area (Å²) < 4.78 is 0. The van der Waals surface area contributed by atoms with Crippen LogP contribution in [-0.2, 0) is 4.84 Å². The first-order valence-corrected chi connectivity index (χ1v) is 2.88. The van der Waals surface area contributed by atoms with Crippen LogP contribution < -0.4 is 0 Å². The minimum atomic E-state index is 0.569. The molecule has 0 bridgehead atoms. The smallest absolute Gasteiger partial charge is 0.172 e. The van der Waals surface area contributed by atoms with E-state index in [1.165, 1.54) is 12.8 Å². The van der Waals surface area contributed by atoms with Crippen LogP contribution in [0.15, 0.2) is 0 Å². The molecule has 0 aromatic rings. The first kappa shape index (κ1) is 3.87. The number of hydrogen-bond acceptors (Lipinski definition) is 2. The third-order valence-electron chi connectivity index (χ3n) is 1.59. The lowest BCUT2D eigenvalue weighted by atomic mass is 10.2. The van der Waals surface area contributed by atoms with Gasteiger partial charge in [0.15, 0.2) is 6.23 Å². The van der Waals surface area contributed by atoms with Gasteiger partial charge in [-0.15, -0.1) is 5.06 Å². The average Bonchev–Trinajstić information content (AvgIpc) is 2.41. The molecule has 3 unspecified atom stereocenters. The van der Waals surface area contributed by atoms with Crippen LogP contribution in [0.25, 0.3) is 0 Å². The Morgan fingerprint density at radius 3 is 2.57 bits per heavy atom. The van der Waals surface area contributed by atoms with E-state index in [-0.39, 0.29) is 0 Å². The maximum absolute atomic E-state index is 4.90. The van der Waals surface area contributed by atoms with Crippen molar-refractivity contribution in [2.24, 2.45) is 0 Å². The van der Waals surface area contributed by atoms with Crippen LogP contribution >= 0.6 is 0 Å². The second-order valence-electron chi connectivity index (χ2n) is 2.21.